The average molecular weight is 466 g/mol. The monoisotopic (exact) mass is 465 g/mol. The van der Waals surface area contributed by atoms with E-state index < -0.39 is 0 Å². The Hall–Kier alpha value is -1.57. The fourth-order valence-electron chi connectivity index (χ4n) is 3.93. The van der Waals surface area contributed by atoms with Crippen molar-refractivity contribution in [2.75, 3.05) is 12.4 Å². The fourth-order valence-corrected chi connectivity index (χ4v) is 4.93. The molecule has 1 saturated carbocycles. The Morgan fingerprint density at radius 1 is 1.35 bits per heavy atom. The van der Waals surface area contributed by atoms with Crippen LogP contribution in [0.25, 0.3) is 10.9 Å². The van der Waals surface area contributed by atoms with Crippen molar-refractivity contribution in [3.63, 3.8) is 0 Å². The first-order chi connectivity index (χ1) is 14.8. The van der Waals surface area contributed by atoms with E-state index in [1.807, 2.05) is 13.8 Å². The Balaban J connectivity index is 1.75. The first kappa shape index (κ1) is 24.1. The molecule has 170 valence electrons. The van der Waals surface area contributed by atoms with Crippen LogP contribution in [0.1, 0.15) is 52.9 Å². The van der Waals surface area contributed by atoms with Gasteiger partial charge >= 0.3 is 0 Å². The number of ether oxygens (including phenoxy) is 1. The largest absolute Gasteiger partial charge is 0.379 e. The van der Waals surface area contributed by atoms with Crippen molar-refractivity contribution in [2.24, 2.45) is 5.92 Å². The molecule has 6 nitrogen and oxygen atoms in total. The number of carbonyl (C=O) groups is 1. The highest BCUT2D eigenvalue weighted by Gasteiger charge is 2.23. The number of amides is 1. The van der Waals surface area contributed by atoms with Gasteiger partial charge in [0, 0.05) is 24.2 Å². The molecular weight excluding hydrogens is 434 g/mol. The van der Waals surface area contributed by atoms with Crippen molar-refractivity contribution in [1.82, 2.24) is 14.9 Å². The van der Waals surface area contributed by atoms with Crippen LogP contribution < -0.4 is 10.9 Å². The summed E-state index contributed by atoms with van der Waals surface area (Å²) in [5.74, 6) is 0.714. The lowest BCUT2D eigenvalue weighted by Crippen LogP contribution is -2.42. The Labute approximate surface area is 193 Å². The third-order valence-corrected chi connectivity index (χ3v) is 6.86. The molecule has 0 aliphatic heterocycles. The number of rotatable bonds is 9. The number of carbonyl (C=O) groups excluding carboxylic acids is 1. The molecule has 1 aliphatic rings. The predicted octanol–water partition coefficient (Wildman–Crippen LogP) is 4.65. The summed E-state index contributed by atoms with van der Waals surface area (Å²) in [6.07, 6.45) is 5.42. The summed E-state index contributed by atoms with van der Waals surface area (Å²) in [7, 11) is 0. The maximum absolute atomic E-state index is 13.1. The predicted molar refractivity (Wildman–Crippen MR) is 127 cm³/mol. The zero-order chi connectivity index (χ0) is 22.4. The van der Waals surface area contributed by atoms with Gasteiger partial charge in [0.25, 0.3) is 5.56 Å². The summed E-state index contributed by atoms with van der Waals surface area (Å²) in [5, 5.41) is 4.76. The lowest BCUT2D eigenvalue weighted by molar-refractivity contribution is -0.119. The van der Waals surface area contributed by atoms with Crippen LogP contribution in [-0.4, -0.2) is 40.0 Å². The Bertz CT molecular complexity index is 963. The first-order valence-corrected chi connectivity index (χ1v) is 12.5. The van der Waals surface area contributed by atoms with E-state index in [1.54, 1.807) is 22.8 Å². The van der Waals surface area contributed by atoms with Gasteiger partial charge in [-0.25, -0.2) is 4.98 Å². The topological polar surface area (TPSA) is 73.2 Å². The van der Waals surface area contributed by atoms with E-state index in [1.165, 1.54) is 18.2 Å². The molecule has 2 unspecified atom stereocenters. The van der Waals surface area contributed by atoms with Crippen molar-refractivity contribution in [1.29, 1.82) is 0 Å². The quantitative estimate of drug-likeness (QED) is 0.331. The highest BCUT2D eigenvalue weighted by atomic mass is 35.5. The number of aromatic nitrogens is 2. The minimum absolute atomic E-state index is 0.0149. The van der Waals surface area contributed by atoms with Gasteiger partial charge in [-0.15, -0.1) is 0 Å². The molecule has 2 atom stereocenters. The van der Waals surface area contributed by atoms with Crippen LogP contribution in [0.15, 0.2) is 28.2 Å². The summed E-state index contributed by atoms with van der Waals surface area (Å²) >= 11 is 7.41. The van der Waals surface area contributed by atoms with Gasteiger partial charge < -0.3 is 10.1 Å². The molecular formula is C23H32ClN3O3S. The lowest BCUT2D eigenvalue weighted by Gasteiger charge is -2.29. The second kappa shape index (κ2) is 11.3. The molecule has 1 amide bonds. The molecule has 0 spiro atoms. The number of halogens is 1. The molecule has 0 bridgehead atoms. The van der Waals surface area contributed by atoms with Crippen molar-refractivity contribution in [3.05, 3.63) is 33.6 Å². The highest BCUT2D eigenvalue weighted by molar-refractivity contribution is 7.99. The van der Waals surface area contributed by atoms with Gasteiger partial charge in [-0.1, -0.05) is 43.1 Å². The van der Waals surface area contributed by atoms with Crippen molar-refractivity contribution in [2.45, 2.75) is 76.7 Å². The van der Waals surface area contributed by atoms with Crippen LogP contribution in [0.4, 0.5) is 0 Å². The second-order valence-corrected chi connectivity index (χ2v) is 9.89. The molecule has 0 saturated heterocycles. The molecule has 1 N–H and O–H groups in total. The van der Waals surface area contributed by atoms with Crippen molar-refractivity contribution in [3.8, 4) is 0 Å². The standard InChI is InChI=1S/C23H32ClN3O3S/c1-15(2)30-12-6-11-27-22(29)18-10-9-17(24)13-20(18)26-23(27)31-14-21(28)25-19-8-5-4-7-16(19)3/h9-10,13,15-16,19H,4-8,11-12,14H2,1-3H3,(H,25,28). The Morgan fingerprint density at radius 3 is 2.87 bits per heavy atom. The molecule has 1 aromatic heterocycles. The molecule has 1 heterocycles. The number of nitrogens with one attached hydrogen (secondary N) is 1. The number of nitrogens with zero attached hydrogens (tertiary/aromatic N) is 2. The van der Waals surface area contributed by atoms with Gasteiger partial charge in [-0.05, 0) is 57.2 Å². The SMILES string of the molecule is CC(C)OCCCn1c(SCC(=O)NC2CCCCC2C)nc2cc(Cl)ccc2c1=O. The lowest BCUT2D eigenvalue weighted by atomic mass is 9.86. The van der Waals surface area contributed by atoms with E-state index in [-0.39, 0.29) is 29.4 Å². The van der Waals surface area contributed by atoms with E-state index in [2.05, 4.69) is 17.2 Å². The summed E-state index contributed by atoms with van der Waals surface area (Å²) in [6.45, 7) is 7.22. The maximum atomic E-state index is 13.1. The smallest absolute Gasteiger partial charge is 0.262 e. The first-order valence-electron chi connectivity index (χ1n) is 11.1. The molecule has 2 aromatic rings. The summed E-state index contributed by atoms with van der Waals surface area (Å²) < 4.78 is 7.27. The molecule has 1 aromatic carbocycles. The zero-order valence-electron chi connectivity index (χ0n) is 18.5. The average Bonchev–Trinajstić information content (AvgIpc) is 2.72. The fraction of sp³-hybridized carbons (Fsp3) is 0.609. The molecule has 31 heavy (non-hydrogen) atoms. The normalized spacial score (nSPS) is 19.1. The van der Waals surface area contributed by atoms with Crippen molar-refractivity contribution >= 4 is 40.2 Å². The summed E-state index contributed by atoms with van der Waals surface area (Å²) in [6, 6.07) is 5.34. The van der Waals surface area contributed by atoms with Crippen LogP contribution in [-0.2, 0) is 16.1 Å². The number of hydrogen-bond donors (Lipinski definition) is 1. The second-order valence-electron chi connectivity index (χ2n) is 8.51. The van der Waals surface area contributed by atoms with Gasteiger partial charge in [-0.3, -0.25) is 14.2 Å². The van der Waals surface area contributed by atoms with Gasteiger partial charge in [0.1, 0.15) is 0 Å². The van der Waals surface area contributed by atoms with Gasteiger partial charge in [0.05, 0.1) is 22.8 Å². The van der Waals surface area contributed by atoms with Crippen LogP contribution in [0.2, 0.25) is 5.02 Å². The van der Waals surface area contributed by atoms with Crippen LogP contribution in [0, 0.1) is 5.92 Å². The molecule has 1 fully saturated rings. The van der Waals surface area contributed by atoms with E-state index >= 15 is 0 Å². The molecule has 0 radical (unpaired) electrons. The zero-order valence-corrected chi connectivity index (χ0v) is 20.1. The van der Waals surface area contributed by atoms with E-state index in [9.17, 15) is 9.59 Å². The Kier molecular flexibility index (Phi) is 8.81. The van der Waals surface area contributed by atoms with Crippen LogP contribution in [0.5, 0.6) is 0 Å². The third kappa shape index (κ3) is 6.70. The molecule has 3 rings (SSSR count). The van der Waals surface area contributed by atoms with Gasteiger partial charge in [-0.2, -0.15) is 0 Å². The molecule has 8 heteroatoms. The number of thioether (sulfide) groups is 1. The van der Waals surface area contributed by atoms with Crippen LogP contribution >= 0.6 is 23.4 Å². The number of benzene rings is 1. The van der Waals surface area contributed by atoms with Gasteiger partial charge in [0.15, 0.2) is 5.16 Å². The maximum Gasteiger partial charge on any atom is 0.262 e. The molecule has 1 aliphatic carbocycles. The third-order valence-electron chi connectivity index (χ3n) is 5.65. The number of hydrogen-bond acceptors (Lipinski definition) is 5. The van der Waals surface area contributed by atoms with E-state index in [0.29, 0.717) is 46.6 Å². The van der Waals surface area contributed by atoms with E-state index in [0.717, 1.165) is 19.3 Å². The summed E-state index contributed by atoms with van der Waals surface area (Å²) in [4.78, 5) is 30.4. The minimum atomic E-state index is -0.116. The van der Waals surface area contributed by atoms with Gasteiger partial charge in [0.2, 0.25) is 5.91 Å². The van der Waals surface area contributed by atoms with E-state index in [4.69, 9.17) is 16.3 Å². The highest BCUT2D eigenvalue weighted by Crippen LogP contribution is 2.24. The van der Waals surface area contributed by atoms with Crippen molar-refractivity contribution < 1.29 is 9.53 Å². The Morgan fingerprint density at radius 2 is 2.13 bits per heavy atom. The van der Waals surface area contributed by atoms with Crippen LogP contribution in [0.3, 0.4) is 0 Å². The number of fused-ring (bicyclic) bond motifs is 1. The summed E-state index contributed by atoms with van der Waals surface area (Å²) in [5.41, 5.74) is 0.436. The minimum Gasteiger partial charge on any atom is -0.379 e.